The summed E-state index contributed by atoms with van der Waals surface area (Å²) in [6.45, 7) is 36.8. The van der Waals surface area contributed by atoms with Gasteiger partial charge in [0.25, 0.3) is 0 Å². The van der Waals surface area contributed by atoms with Gasteiger partial charge in [-0.1, -0.05) is 444 Å². The van der Waals surface area contributed by atoms with Gasteiger partial charge in [0.1, 0.15) is 0 Å². The van der Waals surface area contributed by atoms with E-state index >= 15 is 0 Å². The van der Waals surface area contributed by atoms with Crippen molar-refractivity contribution in [1.82, 2.24) is 0 Å². The Balaban J connectivity index is 0.000000111. The molecule has 0 spiro atoms. The molecular weight excluding hydrogens is 1540 g/mol. The summed E-state index contributed by atoms with van der Waals surface area (Å²) >= 11 is 0. The van der Waals surface area contributed by atoms with Gasteiger partial charge in [0.2, 0.25) is 0 Å². The molecule has 0 unspecified atom stereocenters. The molecule has 0 atom stereocenters. The van der Waals surface area contributed by atoms with Crippen molar-refractivity contribution in [2.24, 2.45) is 0 Å². The number of rotatable bonds is 12. The first-order valence-corrected chi connectivity index (χ1v) is 46.4. The standard InChI is InChI=1S/2C34H30.2C30H28/c1-22(2)24-10-7-11-26(18-24)28-14-16-30-31-17-15-29(21-33(31)34(3,4)32(30)20-28)27-13-12-23-8-5-6-9-25(23)19-27;1-22(2)23-9-11-25(12-10-23)28-15-17-30-31-18-16-29(21-33(31)34(3,4)32(30)20-28)27-14-13-24-7-5-6-8-26(24)19-27;1-20(2)21-12-14-22(15-13-21)23-8-7-9-24(18-23)25-16-17-27-26-10-5-6-11-28(26)30(3,4)29(27)19-25;1-20(2)21-9-11-22(12-10-21)23-13-15-24(16-14-23)25-17-18-27-26-7-5-6-8-28(26)30(3,4)29(27)19-25/h2*5-22H,1-4H3;2*5-20H,1-4H3. The molecule has 0 heterocycles. The minimum Gasteiger partial charge on any atom is -0.0619 e. The molecule has 4 aliphatic carbocycles. The number of hydrogen-bond acceptors (Lipinski definition) is 0. The molecule has 22 rings (SSSR count). The van der Waals surface area contributed by atoms with Crippen LogP contribution in [0.1, 0.15) is 201 Å². The molecule has 0 amide bonds. The maximum Gasteiger partial charge on any atom is 0.0159 e. The van der Waals surface area contributed by atoms with E-state index in [1.807, 2.05) is 0 Å². The van der Waals surface area contributed by atoms with Crippen LogP contribution >= 0.6 is 0 Å². The molecule has 0 fully saturated rings. The van der Waals surface area contributed by atoms with Gasteiger partial charge in [-0.3, -0.25) is 0 Å². The Hall–Kier alpha value is -13.5. The van der Waals surface area contributed by atoms with E-state index < -0.39 is 0 Å². The molecule has 0 nitrogen and oxygen atoms in total. The number of fused-ring (bicyclic) bond motifs is 14. The highest BCUT2D eigenvalue weighted by molar-refractivity contribution is 5.94. The van der Waals surface area contributed by atoms with E-state index in [1.54, 1.807) is 0 Å². The molecule has 0 saturated heterocycles. The largest absolute Gasteiger partial charge is 0.0619 e. The molecule has 4 aliphatic rings. The van der Waals surface area contributed by atoms with Crippen LogP contribution in [0.2, 0.25) is 0 Å². The predicted octanol–water partition coefficient (Wildman–Crippen LogP) is 36.1. The summed E-state index contributed by atoms with van der Waals surface area (Å²) in [5.74, 6) is 2.21. The molecule has 0 bridgehead atoms. The Morgan fingerprint density at radius 3 is 0.648 bits per heavy atom. The summed E-state index contributed by atoms with van der Waals surface area (Å²) < 4.78 is 0. The van der Waals surface area contributed by atoms with Crippen molar-refractivity contribution in [2.75, 3.05) is 0 Å². The third-order valence-corrected chi connectivity index (χ3v) is 28.7. The SMILES string of the molecule is CC(C)c1ccc(-c2ccc(-c3ccc4c(c3)C(C)(C)c3ccccc3-4)cc2)cc1.CC(C)c1ccc(-c2ccc3c(c2)C(C)(C)c2cc(-c4ccc5ccccc5c4)ccc2-3)cc1.CC(C)c1ccc(-c2cccc(-c3ccc4c(c3)C(C)(C)c3ccccc3-4)c2)cc1.CC(C)c1cccc(-c2ccc3c(c2)C(C)(C)c2cc(-c4ccc5ccccc5c4)ccc2-3)c1. The van der Waals surface area contributed by atoms with Crippen LogP contribution in [-0.4, -0.2) is 0 Å². The van der Waals surface area contributed by atoms with Gasteiger partial charge in [0.05, 0.1) is 0 Å². The summed E-state index contributed by atoms with van der Waals surface area (Å²) in [6, 6.07) is 144. The van der Waals surface area contributed by atoms with Crippen molar-refractivity contribution >= 4 is 21.5 Å². The fourth-order valence-electron chi connectivity index (χ4n) is 20.7. The van der Waals surface area contributed by atoms with Gasteiger partial charge >= 0.3 is 0 Å². The second-order valence-corrected chi connectivity index (χ2v) is 39.5. The molecule has 0 N–H and O–H groups in total. The minimum atomic E-state index is -0.0385. The van der Waals surface area contributed by atoms with Crippen molar-refractivity contribution in [3.63, 3.8) is 0 Å². The molecule has 628 valence electrons. The molecule has 0 aromatic heterocycles. The van der Waals surface area contributed by atoms with E-state index in [4.69, 9.17) is 0 Å². The lowest BCUT2D eigenvalue weighted by Crippen LogP contribution is -2.15. The van der Waals surface area contributed by atoms with Gasteiger partial charge in [-0.05, 0) is 300 Å². The quantitative estimate of drug-likeness (QED) is 0.114. The maximum atomic E-state index is 2.42. The van der Waals surface area contributed by atoms with E-state index in [2.05, 4.69) is 499 Å². The van der Waals surface area contributed by atoms with E-state index in [0.717, 1.165) is 0 Å². The second-order valence-electron chi connectivity index (χ2n) is 39.5. The molecule has 0 aliphatic heterocycles. The van der Waals surface area contributed by atoms with Gasteiger partial charge in [-0.25, -0.2) is 0 Å². The Morgan fingerprint density at radius 2 is 0.336 bits per heavy atom. The monoisotopic (exact) mass is 1650 g/mol. The van der Waals surface area contributed by atoms with Crippen LogP contribution in [0, 0.1) is 0 Å². The third-order valence-electron chi connectivity index (χ3n) is 28.7. The summed E-state index contributed by atoms with van der Waals surface area (Å²) in [5, 5.41) is 5.15. The Morgan fingerprint density at radius 1 is 0.133 bits per heavy atom. The van der Waals surface area contributed by atoms with Crippen LogP contribution in [0.15, 0.2) is 388 Å². The van der Waals surface area contributed by atoms with Crippen molar-refractivity contribution in [3.8, 4) is 134 Å². The summed E-state index contributed by atoms with van der Waals surface area (Å²) in [5.41, 5.74) is 48.4. The van der Waals surface area contributed by atoms with Gasteiger partial charge < -0.3 is 0 Å². The first-order valence-electron chi connectivity index (χ1n) is 46.4. The van der Waals surface area contributed by atoms with Crippen molar-refractivity contribution in [2.45, 2.75) is 156 Å². The van der Waals surface area contributed by atoms with Crippen molar-refractivity contribution < 1.29 is 0 Å². The molecule has 0 heteroatoms. The first kappa shape index (κ1) is 84.0. The highest BCUT2D eigenvalue weighted by Gasteiger charge is 2.40. The van der Waals surface area contributed by atoms with Crippen LogP contribution in [-0.2, 0) is 21.7 Å². The fourth-order valence-corrected chi connectivity index (χ4v) is 20.7. The summed E-state index contributed by atoms with van der Waals surface area (Å²) in [7, 11) is 0. The van der Waals surface area contributed by atoms with Crippen LogP contribution in [0.25, 0.3) is 155 Å². The van der Waals surface area contributed by atoms with E-state index in [9.17, 15) is 0 Å². The van der Waals surface area contributed by atoms with E-state index in [-0.39, 0.29) is 21.7 Å². The molecule has 0 radical (unpaired) electrons. The van der Waals surface area contributed by atoms with Gasteiger partial charge in [-0.15, -0.1) is 0 Å². The van der Waals surface area contributed by atoms with Gasteiger partial charge in [0.15, 0.2) is 0 Å². The van der Waals surface area contributed by atoms with Gasteiger partial charge in [-0.2, -0.15) is 0 Å². The minimum absolute atomic E-state index is 0.0340. The van der Waals surface area contributed by atoms with Gasteiger partial charge in [0, 0.05) is 21.7 Å². The highest BCUT2D eigenvalue weighted by Crippen LogP contribution is 2.55. The predicted molar refractivity (Wildman–Crippen MR) is 551 cm³/mol. The molecule has 0 saturated carbocycles. The Labute approximate surface area is 760 Å². The molecule has 128 heavy (non-hydrogen) atoms. The third kappa shape index (κ3) is 15.7. The topological polar surface area (TPSA) is 0 Å². The van der Waals surface area contributed by atoms with Crippen LogP contribution in [0.4, 0.5) is 0 Å². The van der Waals surface area contributed by atoms with Crippen LogP contribution in [0.5, 0.6) is 0 Å². The molecule has 18 aromatic carbocycles. The second kappa shape index (κ2) is 33.7. The smallest absolute Gasteiger partial charge is 0.0159 e. The van der Waals surface area contributed by atoms with Crippen molar-refractivity contribution in [3.05, 3.63) is 455 Å². The molecule has 18 aromatic rings. The Kier molecular flexibility index (Phi) is 22.1. The van der Waals surface area contributed by atoms with Crippen molar-refractivity contribution in [1.29, 1.82) is 0 Å². The van der Waals surface area contributed by atoms with E-state index in [0.29, 0.717) is 23.7 Å². The average molecular weight is 1650 g/mol. The fraction of sp³-hybridized carbons (Fsp3) is 0.188. The highest BCUT2D eigenvalue weighted by atomic mass is 14.4. The lowest BCUT2D eigenvalue weighted by Gasteiger charge is -2.23. The number of benzene rings is 18. The van der Waals surface area contributed by atoms with Crippen LogP contribution < -0.4 is 0 Å². The lowest BCUT2D eigenvalue weighted by atomic mass is 9.80. The maximum absolute atomic E-state index is 2.42. The zero-order chi connectivity index (χ0) is 88.7. The Bertz CT molecular complexity index is 7250. The normalized spacial score (nSPS) is 13.8. The average Bonchev–Trinajstić information content (AvgIpc) is 1.57. The van der Waals surface area contributed by atoms with Crippen LogP contribution in [0.3, 0.4) is 0 Å². The first-order chi connectivity index (χ1) is 61.7. The van der Waals surface area contributed by atoms with E-state index in [1.165, 1.54) is 222 Å². The molecular formula is C128H116. The zero-order valence-corrected chi connectivity index (χ0v) is 77.3. The summed E-state index contributed by atoms with van der Waals surface area (Å²) in [6.07, 6.45) is 0. The lowest BCUT2D eigenvalue weighted by molar-refractivity contribution is 0.660. The number of hydrogen-bond donors (Lipinski definition) is 0. The zero-order valence-electron chi connectivity index (χ0n) is 77.3. The summed E-state index contributed by atoms with van der Waals surface area (Å²) in [4.78, 5) is 0.